The highest BCUT2D eigenvalue weighted by Crippen LogP contribution is 2.29. The second-order valence-corrected chi connectivity index (χ2v) is 6.98. The van der Waals surface area contributed by atoms with E-state index >= 15 is 0 Å². The fourth-order valence-electron chi connectivity index (χ4n) is 3.84. The van der Waals surface area contributed by atoms with Crippen molar-refractivity contribution in [3.63, 3.8) is 0 Å². The minimum atomic E-state index is 0.681. The van der Waals surface area contributed by atoms with E-state index in [1.165, 1.54) is 43.9 Å². The first-order valence-electron chi connectivity index (χ1n) is 8.00. The van der Waals surface area contributed by atoms with Crippen molar-refractivity contribution in [1.82, 2.24) is 14.3 Å². The average molecular weight is 305 g/mol. The number of rotatable bonds is 3. The molecule has 2 aromatic rings. The fourth-order valence-corrected chi connectivity index (χ4v) is 4.57. The Morgan fingerprint density at radius 1 is 1.29 bits per heavy atom. The van der Waals surface area contributed by atoms with Gasteiger partial charge in [-0.15, -0.1) is 11.3 Å². The van der Waals surface area contributed by atoms with E-state index in [1.54, 1.807) is 11.3 Å². The van der Waals surface area contributed by atoms with Gasteiger partial charge in [0, 0.05) is 43.7 Å². The Balaban J connectivity index is 1.67. The van der Waals surface area contributed by atoms with Crippen LogP contribution in [-0.4, -0.2) is 53.1 Å². The van der Waals surface area contributed by atoms with Crippen LogP contribution in [0, 0.1) is 0 Å². The summed E-state index contributed by atoms with van der Waals surface area (Å²) < 4.78 is 2.23. The molecule has 114 valence electrons. The summed E-state index contributed by atoms with van der Waals surface area (Å²) in [6.45, 7) is 5.46. The van der Waals surface area contributed by atoms with Crippen molar-refractivity contribution in [2.75, 3.05) is 37.6 Å². The molecule has 2 aliphatic rings. The van der Waals surface area contributed by atoms with Gasteiger partial charge in [-0.2, -0.15) is 0 Å². The summed E-state index contributed by atoms with van der Waals surface area (Å²) in [4.78, 5) is 11.2. The summed E-state index contributed by atoms with van der Waals surface area (Å²) in [5.74, 6) is 1.18. The first kappa shape index (κ1) is 13.5. The monoisotopic (exact) mass is 305 g/mol. The lowest BCUT2D eigenvalue weighted by Gasteiger charge is -2.26. The van der Waals surface area contributed by atoms with E-state index in [9.17, 15) is 0 Å². The third kappa shape index (κ3) is 2.35. The van der Waals surface area contributed by atoms with Gasteiger partial charge in [-0.3, -0.25) is 9.30 Å². The van der Waals surface area contributed by atoms with Gasteiger partial charge in [-0.1, -0.05) is 0 Å². The van der Waals surface area contributed by atoms with E-state index < -0.39 is 0 Å². The van der Waals surface area contributed by atoms with Crippen molar-refractivity contribution in [3.05, 3.63) is 17.3 Å². The fraction of sp³-hybridized carbons (Fsp3) is 0.667. The number of hydrogen-bond acceptors (Lipinski definition) is 5. The van der Waals surface area contributed by atoms with E-state index in [1.807, 2.05) is 0 Å². The number of thiazole rings is 1. The maximum atomic E-state index is 5.83. The minimum absolute atomic E-state index is 0.681. The summed E-state index contributed by atoms with van der Waals surface area (Å²) >= 11 is 1.71. The van der Waals surface area contributed by atoms with E-state index in [-0.39, 0.29) is 0 Å². The Labute approximate surface area is 129 Å². The van der Waals surface area contributed by atoms with Crippen LogP contribution in [-0.2, 0) is 6.42 Å². The lowest BCUT2D eigenvalue weighted by molar-refractivity contribution is 0.273. The molecule has 0 bridgehead atoms. The molecule has 0 amide bonds. The molecule has 2 fully saturated rings. The third-order valence-corrected chi connectivity index (χ3v) is 5.58. The quantitative estimate of drug-likeness (QED) is 0.935. The summed E-state index contributed by atoms with van der Waals surface area (Å²) in [5, 5.41) is 2.10. The van der Waals surface area contributed by atoms with Crippen molar-refractivity contribution in [2.24, 2.45) is 5.73 Å². The van der Waals surface area contributed by atoms with Crippen LogP contribution in [0.4, 0.5) is 5.82 Å². The van der Waals surface area contributed by atoms with Gasteiger partial charge in [0.1, 0.15) is 0 Å². The highest BCUT2D eigenvalue weighted by molar-refractivity contribution is 7.15. The van der Waals surface area contributed by atoms with Gasteiger partial charge in [0.2, 0.25) is 0 Å². The van der Waals surface area contributed by atoms with Crippen LogP contribution >= 0.6 is 11.3 Å². The van der Waals surface area contributed by atoms with E-state index in [0.717, 1.165) is 30.5 Å². The zero-order valence-corrected chi connectivity index (χ0v) is 13.2. The van der Waals surface area contributed by atoms with Crippen LogP contribution in [0.5, 0.6) is 0 Å². The van der Waals surface area contributed by atoms with Gasteiger partial charge < -0.3 is 10.6 Å². The molecule has 2 aliphatic heterocycles. The van der Waals surface area contributed by atoms with Crippen molar-refractivity contribution in [3.8, 4) is 0 Å². The number of anilines is 1. The zero-order valence-electron chi connectivity index (χ0n) is 12.4. The first-order valence-corrected chi connectivity index (χ1v) is 8.88. The number of hydrogen-bond donors (Lipinski definition) is 1. The van der Waals surface area contributed by atoms with Gasteiger partial charge in [-0.25, -0.2) is 4.98 Å². The molecule has 1 atom stereocenters. The molecule has 5 nitrogen and oxygen atoms in total. The molecule has 0 saturated carbocycles. The molecule has 0 spiro atoms. The second kappa shape index (κ2) is 5.59. The number of aromatic nitrogens is 2. The molecule has 2 aromatic heterocycles. The van der Waals surface area contributed by atoms with E-state index in [0.29, 0.717) is 6.54 Å². The number of nitrogens with zero attached hydrogens (tertiary/aromatic N) is 4. The van der Waals surface area contributed by atoms with Gasteiger partial charge in [0.05, 0.1) is 5.69 Å². The summed E-state index contributed by atoms with van der Waals surface area (Å²) in [6.07, 6.45) is 6.96. The number of fused-ring (bicyclic) bond motifs is 2. The summed E-state index contributed by atoms with van der Waals surface area (Å²) in [5.41, 5.74) is 7.12. The topological polar surface area (TPSA) is 49.8 Å². The van der Waals surface area contributed by atoms with Crippen LogP contribution in [0.15, 0.2) is 11.6 Å². The molecular formula is C15H23N5S. The molecule has 4 rings (SSSR count). The highest BCUT2D eigenvalue weighted by Gasteiger charge is 2.30. The van der Waals surface area contributed by atoms with Crippen molar-refractivity contribution in [2.45, 2.75) is 31.7 Å². The third-order valence-electron chi connectivity index (χ3n) is 4.82. The highest BCUT2D eigenvalue weighted by atomic mass is 32.1. The molecule has 2 saturated heterocycles. The molecule has 6 heteroatoms. The molecule has 0 aromatic carbocycles. The van der Waals surface area contributed by atoms with Crippen molar-refractivity contribution >= 4 is 22.1 Å². The molecular weight excluding hydrogens is 282 g/mol. The lowest BCUT2D eigenvalue weighted by Crippen LogP contribution is -2.37. The van der Waals surface area contributed by atoms with Crippen molar-refractivity contribution < 1.29 is 0 Å². The van der Waals surface area contributed by atoms with Gasteiger partial charge >= 0.3 is 0 Å². The Hall–Kier alpha value is -1.11. The SMILES string of the molecule is NCCc1c(N2CCCN3CCCC3C2)nc2sccn12. The summed E-state index contributed by atoms with van der Waals surface area (Å²) in [7, 11) is 0. The maximum absolute atomic E-state index is 5.83. The van der Waals surface area contributed by atoms with E-state index in [4.69, 9.17) is 10.7 Å². The van der Waals surface area contributed by atoms with Crippen LogP contribution in [0.2, 0.25) is 0 Å². The molecule has 0 radical (unpaired) electrons. The first-order chi connectivity index (χ1) is 10.4. The van der Waals surface area contributed by atoms with Gasteiger partial charge in [-0.05, 0) is 32.4 Å². The van der Waals surface area contributed by atoms with E-state index in [2.05, 4.69) is 25.8 Å². The van der Waals surface area contributed by atoms with Crippen LogP contribution < -0.4 is 10.6 Å². The number of imidazole rings is 1. The predicted octanol–water partition coefficient (Wildman–Crippen LogP) is 1.57. The standard InChI is InChI=1S/C15H23N5S/c16-5-4-13-14(17-15-20(13)9-10-21-15)19-8-2-7-18-6-1-3-12(18)11-19/h9-10,12H,1-8,11,16H2. The molecule has 1 unspecified atom stereocenters. The van der Waals surface area contributed by atoms with Gasteiger partial charge in [0.25, 0.3) is 0 Å². The summed E-state index contributed by atoms with van der Waals surface area (Å²) in [6, 6.07) is 0.720. The molecule has 0 aliphatic carbocycles. The normalized spacial score (nSPS) is 23.7. The Morgan fingerprint density at radius 2 is 2.19 bits per heavy atom. The van der Waals surface area contributed by atoms with Crippen LogP contribution in [0.1, 0.15) is 25.0 Å². The minimum Gasteiger partial charge on any atom is -0.353 e. The predicted molar refractivity (Wildman–Crippen MR) is 87.3 cm³/mol. The maximum Gasteiger partial charge on any atom is 0.195 e. The van der Waals surface area contributed by atoms with Crippen LogP contribution in [0.25, 0.3) is 4.96 Å². The Morgan fingerprint density at radius 3 is 3.10 bits per heavy atom. The Kier molecular flexibility index (Phi) is 3.61. The Bertz CT molecular complexity index is 619. The second-order valence-electron chi connectivity index (χ2n) is 6.11. The zero-order chi connectivity index (χ0) is 14.2. The lowest BCUT2D eigenvalue weighted by atomic mass is 10.2. The number of nitrogens with two attached hydrogens (primary N) is 1. The molecule has 21 heavy (non-hydrogen) atoms. The molecule has 4 heterocycles. The van der Waals surface area contributed by atoms with Gasteiger partial charge in [0.15, 0.2) is 10.8 Å². The largest absolute Gasteiger partial charge is 0.353 e. The van der Waals surface area contributed by atoms with Crippen LogP contribution in [0.3, 0.4) is 0 Å². The smallest absolute Gasteiger partial charge is 0.195 e. The molecule has 2 N–H and O–H groups in total. The average Bonchev–Trinajstić information content (AvgIpc) is 3.15. The van der Waals surface area contributed by atoms with Crippen molar-refractivity contribution in [1.29, 1.82) is 0 Å².